The van der Waals surface area contributed by atoms with Gasteiger partial charge < -0.3 is 14.6 Å². The standard InChI is InChI=1S/C41H80O5/c1-4-5-6-7-8-9-10-15-19-22-25-28-31-34-40(43)45-36-39(42)37-46-41(44)35-32-29-26-23-20-17-14-12-11-13-16-18-21-24-27-30-33-38(2)3/h38-39,42H,4-37H2,1-3H3/t39-/m0/s1. The van der Waals surface area contributed by atoms with E-state index in [4.69, 9.17) is 9.47 Å². The van der Waals surface area contributed by atoms with Gasteiger partial charge in [-0.15, -0.1) is 0 Å². The molecule has 0 unspecified atom stereocenters. The number of unbranched alkanes of at least 4 members (excludes halogenated alkanes) is 27. The summed E-state index contributed by atoms with van der Waals surface area (Å²) in [6, 6.07) is 0. The first kappa shape index (κ1) is 44.9. The van der Waals surface area contributed by atoms with Crippen molar-refractivity contribution in [3.8, 4) is 0 Å². The molecule has 0 saturated heterocycles. The number of esters is 2. The van der Waals surface area contributed by atoms with Crippen molar-refractivity contribution in [3.63, 3.8) is 0 Å². The molecule has 46 heavy (non-hydrogen) atoms. The Hall–Kier alpha value is -1.10. The maximum Gasteiger partial charge on any atom is 0.305 e. The molecule has 1 atom stereocenters. The molecule has 0 rings (SSSR count). The maximum atomic E-state index is 12.0. The van der Waals surface area contributed by atoms with E-state index < -0.39 is 6.10 Å². The Morgan fingerprint density at radius 1 is 0.435 bits per heavy atom. The highest BCUT2D eigenvalue weighted by Gasteiger charge is 2.12. The van der Waals surface area contributed by atoms with Gasteiger partial charge in [0, 0.05) is 12.8 Å². The van der Waals surface area contributed by atoms with Crippen LogP contribution in [-0.4, -0.2) is 36.4 Å². The maximum absolute atomic E-state index is 12.0. The lowest BCUT2D eigenvalue weighted by Gasteiger charge is -2.12. The van der Waals surface area contributed by atoms with E-state index >= 15 is 0 Å². The summed E-state index contributed by atoms with van der Waals surface area (Å²) in [5, 5.41) is 10.0. The van der Waals surface area contributed by atoms with E-state index in [0.717, 1.165) is 31.6 Å². The normalized spacial score (nSPS) is 12.1. The average Bonchev–Trinajstić information content (AvgIpc) is 3.04. The molecule has 0 aromatic rings. The van der Waals surface area contributed by atoms with Crippen LogP contribution in [0.2, 0.25) is 0 Å². The molecule has 0 aliphatic carbocycles. The molecule has 0 heterocycles. The lowest BCUT2D eigenvalue weighted by Crippen LogP contribution is -2.25. The van der Waals surface area contributed by atoms with E-state index in [-0.39, 0.29) is 25.2 Å². The second kappa shape index (κ2) is 36.7. The molecular weight excluding hydrogens is 572 g/mol. The number of ether oxygens (including phenoxy) is 2. The molecule has 5 heteroatoms. The summed E-state index contributed by atoms with van der Waals surface area (Å²) in [5.74, 6) is 0.309. The summed E-state index contributed by atoms with van der Waals surface area (Å²) in [4.78, 5) is 23.9. The van der Waals surface area contributed by atoms with Gasteiger partial charge in [-0.2, -0.15) is 0 Å². The van der Waals surface area contributed by atoms with E-state index in [1.807, 2.05) is 0 Å². The summed E-state index contributed by atoms with van der Waals surface area (Å²) in [6.07, 6.45) is 38.7. The van der Waals surface area contributed by atoms with Gasteiger partial charge in [0.15, 0.2) is 0 Å². The van der Waals surface area contributed by atoms with Gasteiger partial charge in [-0.3, -0.25) is 9.59 Å². The van der Waals surface area contributed by atoms with E-state index in [2.05, 4.69) is 20.8 Å². The Morgan fingerprint density at radius 3 is 0.978 bits per heavy atom. The minimum Gasteiger partial charge on any atom is -0.463 e. The molecule has 0 amide bonds. The zero-order valence-electron chi connectivity index (χ0n) is 31.3. The van der Waals surface area contributed by atoms with Crippen molar-refractivity contribution in [1.29, 1.82) is 0 Å². The fraction of sp³-hybridized carbons (Fsp3) is 0.951. The van der Waals surface area contributed by atoms with Crippen LogP contribution in [0.4, 0.5) is 0 Å². The molecule has 0 fully saturated rings. The third-order valence-corrected chi connectivity index (χ3v) is 9.27. The van der Waals surface area contributed by atoms with Gasteiger partial charge >= 0.3 is 11.9 Å². The second-order valence-electron chi connectivity index (χ2n) is 14.6. The first-order chi connectivity index (χ1) is 22.5. The van der Waals surface area contributed by atoms with Crippen LogP contribution in [0, 0.1) is 5.92 Å². The molecule has 1 N–H and O–H groups in total. The van der Waals surface area contributed by atoms with E-state index in [1.54, 1.807) is 0 Å². The fourth-order valence-electron chi connectivity index (χ4n) is 6.15. The van der Waals surface area contributed by atoms with Gasteiger partial charge in [0.05, 0.1) is 0 Å². The van der Waals surface area contributed by atoms with Crippen molar-refractivity contribution >= 4 is 11.9 Å². The van der Waals surface area contributed by atoms with Crippen LogP contribution >= 0.6 is 0 Å². The van der Waals surface area contributed by atoms with Crippen molar-refractivity contribution in [3.05, 3.63) is 0 Å². The van der Waals surface area contributed by atoms with Crippen LogP contribution in [0.15, 0.2) is 0 Å². The summed E-state index contributed by atoms with van der Waals surface area (Å²) < 4.78 is 10.3. The predicted molar refractivity (Wildman–Crippen MR) is 196 cm³/mol. The van der Waals surface area contributed by atoms with Crippen molar-refractivity contribution < 1.29 is 24.2 Å². The SMILES string of the molecule is CCCCCCCCCCCCCCCC(=O)OC[C@H](O)COC(=O)CCCCCCCCCCCCCCCCCCC(C)C. The lowest BCUT2D eigenvalue weighted by atomic mass is 10.0. The number of hydrogen-bond donors (Lipinski definition) is 1. The Balaban J connectivity index is 3.36. The van der Waals surface area contributed by atoms with Gasteiger partial charge in [0.25, 0.3) is 0 Å². The summed E-state index contributed by atoms with van der Waals surface area (Å²) in [6.45, 7) is 6.69. The van der Waals surface area contributed by atoms with Crippen molar-refractivity contribution in [1.82, 2.24) is 0 Å². The van der Waals surface area contributed by atoms with E-state index in [0.29, 0.717) is 12.8 Å². The first-order valence-corrected chi connectivity index (χ1v) is 20.4. The number of aliphatic hydroxyl groups is 1. The number of hydrogen-bond acceptors (Lipinski definition) is 5. The highest BCUT2D eigenvalue weighted by atomic mass is 16.6. The van der Waals surface area contributed by atoms with E-state index in [1.165, 1.54) is 167 Å². The molecule has 0 bridgehead atoms. The Kier molecular flexibility index (Phi) is 35.9. The smallest absolute Gasteiger partial charge is 0.305 e. The molecule has 0 aliphatic rings. The summed E-state index contributed by atoms with van der Waals surface area (Å²) in [7, 11) is 0. The largest absolute Gasteiger partial charge is 0.463 e. The van der Waals surface area contributed by atoms with E-state index in [9.17, 15) is 14.7 Å². The van der Waals surface area contributed by atoms with Crippen LogP contribution in [0.5, 0.6) is 0 Å². The second-order valence-corrected chi connectivity index (χ2v) is 14.6. The minimum absolute atomic E-state index is 0.108. The molecule has 0 saturated carbocycles. The average molecular weight is 653 g/mol. The van der Waals surface area contributed by atoms with Crippen LogP contribution in [0.1, 0.15) is 226 Å². The monoisotopic (exact) mass is 653 g/mol. The molecule has 5 nitrogen and oxygen atoms in total. The number of rotatable bonds is 37. The van der Waals surface area contributed by atoms with Gasteiger partial charge in [-0.1, -0.05) is 201 Å². The molecular formula is C41H80O5. The van der Waals surface area contributed by atoms with Crippen molar-refractivity contribution in [2.45, 2.75) is 232 Å². The highest BCUT2D eigenvalue weighted by Crippen LogP contribution is 2.16. The molecule has 0 spiro atoms. The van der Waals surface area contributed by atoms with Crippen LogP contribution in [-0.2, 0) is 19.1 Å². The zero-order chi connectivity index (χ0) is 33.8. The highest BCUT2D eigenvalue weighted by molar-refractivity contribution is 5.69. The Morgan fingerprint density at radius 2 is 0.696 bits per heavy atom. The molecule has 0 radical (unpaired) electrons. The van der Waals surface area contributed by atoms with Crippen LogP contribution in [0.3, 0.4) is 0 Å². The molecule has 0 aromatic carbocycles. The van der Waals surface area contributed by atoms with Gasteiger partial charge in [-0.05, 0) is 18.8 Å². The van der Waals surface area contributed by atoms with Crippen LogP contribution < -0.4 is 0 Å². The van der Waals surface area contributed by atoms with Gasteiger partial charge in [-0.25, -0.2) is 0 Å². The van der Waals surface area contributed by atoms with Crippen molar-refractivity contribution in [2.24, 2.45) is 5.92 Å². The summed E-state index contributed by atoms with van der Waals surface area (Å²) in [5.41, 5.74) is 0. The fourth-order valence-corrected chi connectivity index (χ4v) is 6.15. The van der Waals surface area contributed by atoms with Crippen LogP contribution in [0.25, 0.3) is 0 Å². The van der Waals surface area contributed by atoms with Gasteiger partial charge in [0.2, 0.25) is 0 Å². The lowest BCUT2D eigenvalue weighted by molar-refractivity contribution is -0.152. The molecule has 0 aromatic heterocycles. The van der Waals surface area contributed by atoms with Gasteiger partial charge in [0.1, 0.15) is 19.3 Å². The quantitative estimate of drug-likeness (QED) is 0.0534. The van der Waals surface area contributed by atoms with Crippen molar-refractivity contribution in [2.75, 3.05) is 13.2 Å². The Bertz CT molecular complexity index is 634. The molecule has 0 aliphatic heterocycles. The number of carbonyl (C=O) groups excluding carboxylic acids is 2. The third kappa shape index (κ3) is 37.4. The zero-order valence-corrected chi connectivity index (χ0v) is 31.3. The third-order valence-electron chi connectivity index (χ3n) is 9.27. The summed E-state index contributed by atoms with van der Waals surface area (Å²) >= 11 is 0. The number of carbonyl (C=O) groups is 2. The minimum atomic E-state index is -0.955. The topological polar surface area (TPSA) is 72.8 Å². The first-order valence-electron chi connectivity index (χ1n) is 20.4. The Labute approximate surface area is 287 Å². The predicted octanol–water partition coefficient (Wildman–Crippen LogP) is 12.6. The number of aliphatic hydroxyl groups excluding tert-OH is 1. The molecule has 274 valence electrons.